The predicted octanol–water partition coefficient (Wildman–Crippen LogP) is 1.62. The molecule has 4 atom stereocenters. The number of amides is 1. The number of fused-ring (bicyclic) bond motifs is 3. The van der Waals surface area contributed by atoms with Crippen molar-refractivity contribution in [2.75, 3.05) is 33.1 Å². The Kier molecular flexibility index (Phi) is 7.13. The van der Waals surface area contributed by atoms with Crippen LogP contribution in [0.25, 0.3) is 5.76 Å². The maximum Gasteiger partial charge on any atom is 0.255 e. The van der Waals surface area contributed by atoms with E-state index in [-0.39, 0.29) is 35.3 Å². The first-order chi connectivity index (χ1) is 19.8. The fourth-order valence-electron chi connectivity index (χ4n) is 6.62. The lowest BCUT2D eigenvalue weighted by Gasteiger charge is -2.50. The molecule has 5 rings (SSSR count). The minimum absolute atomic E-state index is 0.0153. The van der Waals surface area contributed by atoms with Gasteiger partial charge in [-0.3, -0.25) is 19.3 Å². The number of ketones is 2. The third-order valence-electron chi connectivity index (χ3n) is 8.54. The van der Waals surface area contributed by atoms with Gasteiger partial charge in [-0.1, -0.05) is 42.2 Å². The molecule has 1 amide bonds. The van der Waals surface area contributed by atoms with Gasteiger partial charge in [0.25, 0.3) is 5.91 Å². The Balaban J connectivity index is 1.68. The van der Waals surface area contributed by atoms with Crippen LogP contribution >= 0.6 is 0 Å². The predicted molar refractivity (Wildman–Crippen MR) is 156 cm³/mol. The molecule has 0 heterocycles. The van der Waals surface area contributed by atoms with Crippen LogP contribution in [0.1, 0.15) is 28.7 Å². The van der Waals surface area contributed by atoms with Crippen LogP contribution < -0.4 is 10.6 Å². The second kappa shape index (κ2) is 10.4. The van der Waals surface area contributed by atoms with Gasteiger partial charge < -0.3 is 31.1 Å². The molecule has 0 aliphatic heterocycles. The lowest BCUT2D eigenvalue weighted by molar-refractivity contribution is -0.153. The Bertz CT molecular complexity index is 1650. The van der Waals surface area contributed by atoms with Crippen molar-refractivity contribution < 1.29 is 34.8 Å². The third-order valence-corrected chi connectivity index (χ3v) is 8.54. The number of aliphatic hydroxyl groups excluding tert-OH is 2. The van der Waals surface area contributed by atoms with Gasteiger partial charge in [-0.15, -0.1) is 0 Å². The summed E-state index contributed by atoms with van der Waals surface area (Å²) in [7, 11) is 6.75. The quantitative estimate of drug-likeness (QED) is 0.271. The van der Waals surface area contributed by atoms with Crippen LogP contribution in [0, 0.1) is 23.7 Å². The molecule has 0 spiro atoms. The smallest absolute Gasteiger partial charge is 0.255 e. The number of benzene rings is 2. The first kappa shape index (κ1) is 28.9. The van der Waals surface area contributed by atoms with Crippen molar-refractivity contribution in [1.82, 2.24) is 4.90 Å². The van der Waals surface area contributed by atoms with E-state index in [9.17, 15) is 34.8 Å². The molecule has 0 aromatic heterocycles. The van der Waals surface area contributed by atoms with Crippen LogP contribution in [0.5, 0.6) is 5.75 Å². The number of Topliss-reactive ketones (excluding diaryl/α,β-unsaturated/α-hetero) is 2. The summed E-state index contributed by atoms with van der Waals surface area (Å²) in [6, 6.07) is 10.2. The summed E-state index contributed by atoms with van der Waals surface area (Å²) in [6.07, 6.45) is 0.654. The van der Waals surface area contributed by atoms with Crippen molar-refractivity contribution >= 4 is 28.9 Å². The van der Waals surface area contributed by atoms with Crippen LogP contribution in [-0.2, 0) is 27.2 Å². The second-order valence-electron chi connectivity index (χ2n) is 11.5. The molecular formula is C32H33N3O7. The zero-order valence-corrected chi connectivity index (χ0v) is 23.8. The van der Waals surface area contributed by atoms with Crippen molar-refractivity contribution in [3.63, 3.8) is 0 Å². The fraction of sp³-hybridized carbons (Fsp3) is 0.344. The number of likely N-dealkylation sites (N-methyl/N-ethyl adjacent to an activating group) is 1. The Morgan fingerprint density at radius 2 is 1.76 bits per heavy atom. The van der Waals surface area contributed by atoms with Crippen LogP contribution in [-0.4, -0.2) is 82.6 Å². The summed E-state index contributed by atoms with van der Waals surface area (Å²) >= 11 is 0. The van der Waals surface area contributed by atoms with E-state index in [0.717, 1.165) is 5.56 Å². The zero-order chi connectivity index (χ0) is 30.7. The number of hydrogen-bond acceptors (Lipinski definition) is 9. The Labute approximate surface area is 243 Å². The average Bonchev–Trinajstić information content (AvgIpc) is 2.92. The molecule has 0 radical (unpaired) electrons. The molecule has 1 saturated carbocycles. The number of nitrogens with zero attached hydrogens (tertiary/aromatic N) is 2. The average molecular weight is 572 g/mol. The lowest BCUT2D eigenvalue weighted by atomic mass is 9.57. The molecule has 3 aliphatic carbocycles. The van der Waals surface area contributed by atoms with E-state index < -0.39 is 58.0 Å². The van der Waals surface area contributed by atoms with E-state index >= 15 is 0 Å². The summed E-state index contributed by atoms with van der Waals surface area (Å²) < 4.78 is 0. The monoisotopic (exact) mass is 571 g/mol. The van der Waals surface area contributed by atoms with Crippen LogP contribution in [0.15, 0.2) is 53.3 Å². The molecule has 3 aliphatic rings. The highest BCUT2D eigenvalue weighted by Gasteiger charge is 2.64. The first-order valence-electron chi connectivity index (χ1n) is 13.5. The van der Waals surface area contributed by atoms with Gasteiger partial charge >= 0.3 is 0 Å². The van der Waals surface area contributed by atoms with Crippen molar-refractivity contribution in [3.8, 4) is 17.6 Å². The molecule has 0 saturated heterocycles. The SMILES string of the molecule is CN(C)c1cc(C#CCc2ccccc2)c(O)c2c1C[C@@H]1C[C@@H]3[C@@H](N(C)C)C(=O)C(C(N)=O)=C(O)[C@]3(O)C(=O)C1=C2O. The summed E-state index contributed by atoms with van der Waals surface area (Å²) in [4.78, 5) is 42.8. The number of phenols is 1. The van der Waals surface area contributed by atoms with Gasteiger partial charge in [-0.25, -0.2) is 0 Å². The van der Waals surface area contributed by atoms with Crippen LogP contribution in [0.4, 0.5) is 5.69 Å². The van der Waals surface area contributed by atoms with Crippen LogP contribution in [0.3, 0.4) is 0 Å². The number of rotatable bonds is 4. The molecule has 0 unspecified atom stereocenters. The first-order valence-corrected chi connectivity index (χ1v) is 13.5. The summed E-state index contributed by atoms with van der Waals surface area (Å²) in [5.41, 5.74) is 4.17. The second-order valence-corrected chi connectivity index (χ2v) is 11.5. The molecule has 0 bridgehead atoms. The summed E-state index contributed by atoms with van der Waals surface area (Å²) in [5.74, 6) is -0.841. The van der Waals surface area contributed by atoms with Gasteiger partial charge in [-0.05, 0) is 50.0 Å². The lowest BCUT2D eigenvalue weighted by Crippen LogP contribution is -2.65. The maximum atomic E-state index is 14.1. The largest absolute Gasteiger partial charge is 0.508 e. The molecule has 10 nitrogen and oxygen atoms in total. The van der Waals surface area contributed by atoms with E-state index in [1.807, 2.05) is 49.3 Å². The van der Waals surface area contributed by atoms with E-state index in [1.54, 1.807) is 20.2 Å². The van der Waals surface area contributed by atoms with Crippen molar-refractivity contribution in [2.24, 2.45) is 17.6 Å². The number of carbonyl (C=O) groups is 3. The van der Waals surface area contributed by atoms with E-state index in [1.165, 1.54) is 4.90 Å². The van der Waals surface area contributed by atoms with Gasteiger partial charge in [0.1, 0.15) is 22.8 Å². The summed E-state index contributed by atoms with van der Waals surface area (Å²) in [6.45, 7) is 0. The number of hydrogen-bond donors (Lipinski definition) is 5. The molecule has 1 fully saturated rings. The normalized spacial score (nSPS) is 25.0. The van der Waals surface area contributed by atoms with Gasteiger partial charge in [0.15, 0.2) is 11.4 Å². The van der Waals surface area contributed by atoms with Gasteiger partial charge in [0, 0.05) is 37.7 Å². The zero-order valence-electron chi connectivity index (χ0n) is 23.8. The number of carbonyl (C=O) groups excluding carboxylic acids is 3. The molecular weight excluding hydrogens is 538 g/mol. The van der Waals surface area contributed by atoms with Gasteiger partial charge in [-0.2, -0.15) is 0 Å². The Hall–Kier alpha value is -4.59. The van der Waals surface area contributed by atoms with Crippen molar-refractivity contribution in [3.05, 3.63) is 75.6 Å². The highest BCUT2D eigenvalue weighted by atomic mass is 16.3. The Morgan fingerprint density at radius 1 is 1.10 bits per heavy atom. The fourth-order valence-corrected chi connectivity index (χ4v) is 6.62. The van der Waals surface area contributed by atoms with E-state index in [0.29, 0.717) is 17.7 Å². The van der Waals surface area contributed by atoms with Crippen molar-refractivity contribution in [2.45, 2.75) is 30.9 Å². The van der Waals surface area contributed by atoms with E-state index in [2.05, 4.69) is 11.8 Å². The standard InChI is InChI=1S/C32H33N3O7/c1-34(2)21-15-17(12-8-11-16-9-6-5-7-10-16)26(36)23-19(21)13-18-14-20-25(35(3)4)28(38)24(31(33)41)30(40)32(20,42)29(39)22(18)27(23)37/h5-7,9-10,15,18,20,25,36-37,40,42H,11,13-14H2,1-4H3,(H2,33,41)/t18-,20-,25-,32-/m1/s1. The number of aliphatic hydroxyl groups is 3. The molecule has 218 valence electrons. The van der Waals surface area contributed by atoms with Gasteiger partial charge in [0.05, 0.1) is 17.2 Å². The number of anilines is 1. The number of aromatic hydroxyl groups is 1. The third kappa shape index (κ3) is 4.24. The maximum absolute atomic E-state index is 14.1. The highest BCUT2D eigenvalue weighted by Crippen LogP contribution is 2.54. The molecule has 10 heteroatoms. The molecule has 42 heavy (non-hydrogen) atoms. The highest BCUT2D eigenvalue weighted by molar-refractivity contribution is 6.24. The topological polar surface area (TPSA) is 165 Å². The van der Waals surface area contributed by atoms with Gasteiger partial charge in [0.2, 0.25) is 5.78 Å². The van der Waals surface area contributed by atoms with Crippen LogP contribution in [0.2, 0.25) is 0 Å². The molecule has 2 aromatic carbocycles. The molecule has 6 N–H and O–H groups in total. The van der Waals surface area contributed by atoms with Crippen molar-refractivity contribution in [1.29, 1.82) is 0 Å². The summed E-state index contributed by atoms with van der Waals surface area (Å²) in [5, 5.41) is 45.7. The Morgan fingerprint density at radius 3 is 2.36 bits per heavy atom. The minimum atomic E-state index is -2.68. The number of nitrogens with two attached hydrogens (primary N) is 1. The minimum Gasteiger partial charge on any atom is -0.508 e. The van der Waals surface area contributed by atoms with E-state index in [4.69, 9.17) is 5.73 Å². The molecule has 2 aromatic rings. The number of primary amides is 1. The number of phenolic OH excluding ortho intramolecular Hbond substituents is 1.